The third-order valence-corrected chi connectivity index (χ3v) is 14.6. The van der Waals surface area contributed by atoms with E-state index in [1.54, 1.807) is 0 Å². The molecule has 6 heteroatoms. The summed E-state index contributed by atoms with van der Waals surface area (Å²) in [7, 11) is 0. The first-order valence-corrected chi connectivity index (χ1v) is 25.5. The van der Waals surface area contributed by atoms with Crippen molar-refractivity contribution in [1.29, 1.82) is 0 Å². The molecular weight excluding hydrogens is 1080 g/mol. The molecule has 0 bridgehead atoms. The monoisotopic (exact) mass is 1160 g/mol. The van der Waals surface area contributed by atoms with Gasteiger partial charge in [0.1, 0.15) is 5.82 Å². The zero-order valence-corrected chi connectivity index (χ0v) is 48.4. The smallest absolute Gasteiger partial charge is 0.509 e. The van der Waals surface area contributed by atoms with Crippen molar-refractivity contribution >= 4 is 44.6 Å². The van der Waals surface area contributed by atoms with Crippen LogP contribution in [-0.4, -0.2) is 9.55 Å². The van der Waals surface area contributed by atoms with Crippen molar-refractivity contribution in [2.24, 2.45) is 0 Å². The zero-order chi connectivity index (χ0) is 51.1. The van der Waals surface area contributed by atoms with E-state index in [-0.39, 0.29) is 55.6 Å². The maximum atomic E-state index is 7.00. The van der Waals surface area contributed by atoms with Crippen LogP contribution in [0.3, 0.4) is 0 Å². The van der Waals surface area contributed by atoms with Gasteiger partial charge in [-0.15, -0.1) is 53.6 Å². The van der Waals surface area contributed by atoms with E-state index in [9.17, 15) is 0 Å². The van der Waals surface area contributed by atoms with Crippen molar-refractivity contribution < 1.29 is 25.8 Å². The standard InChI is InChI=1S/C67H69N4O.CH3.Pt/c1-63(2,3)47-25-29-58-57(38-47)56-28-27-54(42-60(56)71(58)62-40-48(31-32-68-62)64(4,5)6)72-55-37-51(66(10,11)12)36-53(41-55)69-43-70(52-34-45(44-21-17-15-18-22-44)33-50(35-52)65(7,8)9)61-39-49(26-30-59(61)69)67(13,14)46-23-19-16-20-24-46;;/h15-40,43H,1-14H3;1H3;/q-3;-1;+4. The minimum Gasteiger partial charge on any atom is -0.509 e. The van der Waals surface area contributed by atoms with Gasteiger partial charge in [0.05, 0.1) is 0 Å². The maximum absolute atomic E-state index is 7.00. The summed E-state index contributed by atoms with van der Waals surface area (Å²) in [4.78, 5) is 9.63. The number of hydrogen-bond donors (Lipinski definition) is 0. The average Bonchev–Trinajstić information content (AvgIpc) is 3.89. The van der Waals surface area contributed by atoms with E-state index in [0.717, 1.165) is 50.6 Å². The van der Waals surface area contributed by atoms with Crippen LogP contribution in [0.15, 0.2) is 158 Å². The Morgan fingerprint density at radius 1 is 0.459 bits per heavy atom. The van der Waals surface area contributed by atoms with Crippen LogP contribution >= 0.6 is 0 Å². The Morgan fingerprint density at radius 2 is 1.08 bits per heavy atom. The molecule has 1 aliphatic rings. The number of hydrogen-bond acceptors (Lipinski definition) is 4. The number of benzene rings is 7. The Balaban J connectivity index is 0.00000364. The fraction of sp³-hybridized carbons (Fsp3) is 0.279. The topological polar surface area (TPSA) is 33.5 Å². The van der Waals surface area contributed by atoms with Crippen LogP contribution in [0.2, 0.25) is 0 Å². The summed E-state index contributed by atoms with van der Waals surface area (Å²) < 4.78 is 9.24. The largest absolute Gasteiger partial charge is 4.00 e. The van der Waals surface area contributed by atoms with Crippen molar-refractivity contribution in [3.8, 4) is 28.4 Å². The molecule has 7 aromatic carbocycles. The fourth-order valence-electron chi connectivity index (χ4n) is 9.91. The van der Waals surface area contributed by atoms with E-state index >= 15 is 0 Å². The molecule has 0 aliphatic carbocycles. The van der Waals surface area contributed by atoms with E-state index in [2.05, 4.69) is 276 Å². The van der Waals surface area contributed by atoms with Crippen LogP contribution in [0.5, 0.6) is 11.5 Å². The average molecular weight is 1160 g/mol. The Morgan fingerprint density at radius 3 is 1.74 bits per heavy atom. The third kappa shape index (κ3) is 10.3. The Bertz CT molecular complexity index is 3490. The quantitative estimate of drug-likeness (QED) is 0.142. The van der Waals surface area contributed by atoms with Crippen molar-refractivity contribution in [2.45, 2.75) is 124 Å². The fourth-order valence-corrected chi connectivity index (χ4v) is 9.91. The molecule has 1 aliphatic heterocycles. The van der Waals surface area contributed by atoms with Gasteiger partial charge in [-0.1, -0.05) is 187 Å². The van der Waals surface area contributed by atoms with E-state index in [4.69, 9.17) is 9.72 Å². The van der Waals surface area contributed by atoms with Gasteiger partial charge in [-0.3, -0.25) is 0 Å². The Hall–Kier alpha value is -6.42. The van der Waals surface area contributed by atoms with Crippen LogP contribution in [0.1, 0.15) is 130 Å². The third-order valence-electron chi connectivity index (χ3n) is 14.6. The summed E-state index contributed by atoms with van der Waals surface area (Å²) in [6.07, 6.45) is 1.93. The van der Waals surface area contributed by atoms with Crippen LogP contribution in [0.25, 0.3) is 38.8 Å². The second kappa shape index (κ2) is 19.7. The van der Waals surface area contributed by atoms with E-state index in [1.165, 1.54) is 44.3 Å². The summed E-state index contributed by atoms with van der Waals surface area (Å²) in [5, 5.41) is 2.27. The van der Waals surface area contributed by atoms with Crippen LogP contribution in [0, 0.1) is 26.2 Å². The molecule has 0 atom stereocenters. The van der Waals surface area contributed by atoms with Crippen LogP contribution in [0.4, 0.5) is 22.7 Å². The van der Waals surface area contributed by atoms with Gasteiger partial charge in [0.25, 0.3) is 0 Å². The first-order chi connectivity index (χ1) is 33.9. The molecule has 3 heterocycles. The predicted octanol–water partition coefficient (Wildman–Crippen LogP) is 18.6. The molecule has 5 nitrogen and oxygen atoms in total. The molecule has 0 saturated heterocycles. The molecule has 0 fully saturated rings. The number of anilines is 4. The number of rotatable bonds is 8. The van der Waals surface area contributed by atoms with Gasteiger partial charge in [-0.05, 0) is 108 Å². The minimum absolute atomic E-state index is 0. The van der Waals surface area contributed by atoms with Gasteiger partial charge in [0.15, 0.2) is 0 Å². The molecule has 380 valence electrons. The number of aromatic nitrogens is 2. The van der Waals surface area contributed by atoms with Gasteiger partial charge in [-0.25, -0.2) is 4.98 Å². The molecule has 0 saturated carbocycles. The van der Waals surface area contributed by atoms with Crippen molar-refractivity contribution in [3.05, 3.63) is 217 Å². The first-order valence-electron chi connectivity index (χ1n) is 25.5. The first kappa shape index (κ1) is 53.9. The Labute approximate surface area is 456 Å². The molecule has 74 heavy (non-hydrogen) atoms. The molecule has 0 unspecified atom stereocenters. The molecule has 2 aromatic heterocycles. The summed E-state index contributed by atoms with van der Waals surface area (Å²) in [6.45, 7) is 34.1. The van der Waals surface area contributed by atoms with Crippen LogP contribution in [-0.2, 0) is 48.1 Å². The predicted molar refractivity (Wildman–Crippen MR) is 309 cm³/mol. The number of pyridine rings is 1. The molecule has 0 N–H and O–H groups in total. The summed E-state index contributed by atoms with van der Waals surface area (Å²) in [5.74, 6) is 2.08. The van der Waals surface area contributed by atoms with Gasteiger partial charge in [0, 0.05) is 45.7 Å². The number of nitrogens with zero attached hydrogens (tertiary/aromatic N) is 4. The molecule has 0 spiro atoms. The molecule has 10 rings (SSSR count). The van der Waals surface area contributed by atoms with E-state index in [0.29, 0.717) is 11.5 Å². The number of fused-ring (bicyclic) bond motifs is 4. The van der Waals surface area contributed by atoms with Gasteiger partial charge in [0.2, 0.25) is 0 Å². The van der Waals surface area contributed by atoms with Gasteiger partial charge >= 0.3 is 21.1 Å². The summed E-state index contributed by atoms with van der Waals surface area (Å²) in [6, 6.07) is 62.9. The van der Waals surface area contributed by atoms with Gasteiger partial charge in [-0.2, -0.15) is 6.07 Å². The molecule has 9 aromatic rings. The Kier molecular flexibility index (Phi) is 14.3. The minimum atomic E-state index is -0.249. The van der Waals surface area contributed by atoms with Gasteiger partial charge < -0.3 is 26.5 Å². The molecule has 0 amide bonds. The second-order valence-corrected chi connectivity index (χ2v) is 24.5. The van der Waals surface area contributed by atoms with Crippen molar-refractivity contribution in [1.82, 2.24) is 9.55 Å². The SMILES string of the molecule is CC(C)(C)c1cc(Oc2[c-]c3c(cc2)c2cc(C(C)(C)C)ccc2n3-c2cc(C(C)(C)C)ccn2)[c-]c(N2[CH-]N(c3cc(-c4ccccc4)cc(C(C)(C)C)c3)c3cc(C(C)(C)c4ccccc4)ccc32)c1.[CH3-].[Pt+4]. The number of ether oxygens (including phenoxy) is 1. The van der Waals surface area contributed by atoms with E-state index in [1.807, 2.05) is 12.3 Å². The summed E-state index contributed by atoms with van der Waals surface area (Å²) in [5.41, 5.74) is 15.3. The zero-order valence-electron chi connectivity index (χ0n) is 46.1. The normalized spacial score (nSPS) is 13.2. The molecular formula is C68H72N4OPt. The maximum Gasteiger partial charge on any atom is 4.00 e. The molecule has 0 radical (unpaired) electrons. The summed E-state index contributed by atoms with van der Waals surface area (Å²) >= 11 is 0. The van der Waals surface area contributed by atoms with Crippen molar-refractivity contribution in [3.63, 3.8) is 0 Å². The van der Waals surface area contributed by atoms with E-state index < -0.39 is 0 Å². The van der Waals surface area contributed by atoms with Crippen LogP contribution < -0.4 is 14.5 Å². The van der Waals surface area contributed by atoms with Crippen molar-refractivity contribution in [2.75, 3.05) is 9.80 Å². The second-order valence-electron chi connectivity index (χ2n) is 24.5.